The molecule has 0 unspecified atom stereocenters. The van der Waals surface area contributed by atoms with Crippen LogP contribution in [0.4, 0.5) is 0 Å². The molecule has 1 fully saturated rings. The van der Waals surface area contributed by atoms with E-state index in [-0.39, 0.29) is 30.3 Å². The van der Waals surface area contributed by atoms with Gasteiger partial charge < -0.3 is 15.8 Å². The Hall–Kier alpha value is -1.92. The van der Waals surface area contributed by atoms with Crippen molar-refractivity contribution >= 4 is 11.8 Å². The van der Waals surface area contributed by atoms with E-state index in [0.29, 0.717) is 19.7 Å². The van der Waals surface area contributed by atoms with E-state index < -0.39 is 0 Å². The number of piperidine rings is 1. The molecule has 0 aromatic heterocycles. The smallest absolute Gasteiger partial charge is 0.234 e. The highest BCUT2D eigenvalue weighted by Crippen LogP contribution is 2.21. The fourth-order valence-electron chi connectivity index (χ4n) is 3.09. The van der Waals surface area contributed by atoms with Gasteiger partial charge in [-0.25, -0.2) is 0 Å². The van der Waals surface area contributed by atoms with Crippen LogP contribution in [0.3, 0.4) is 0 Å². The largest absolute Gasteiger partial charge is 0.380 e. The summed E-state index contributed by atoms with van der Waals surface area (Å²) >= 11 is 0. The molecule has 0 saturated carbocycles. The average molecular weight is 333 g/mol. The maximum Gasteiger partial charge on any atom is 0.234 e. The predicted molar refractivity (Wildman–Crippen MR) is 92.0 cm³/mol. The molecule has 0 bridgehead atoms. The van der Waals surface area contributed by atoms with E-state index in [1.807, 2.05) is 29.2 Å². The zero-order valence-corrected chi connectivity index (χ0v) is 14.5. The van der Waals surface area contributed by atoms with E-state index in [4.69, 9.17) is 10.5 Å². The van der Waals surface area contributed by atoms with Crippen LogP contribution >= 0.6 is 0 Å². The van der Waals surface area contributed by atoms with Gasteiger partial charge in [0, 0.05) is 26.2 Å². The van der Waals surface area contributed by atoms with Gasteiger partial charge in [0.25, 0.3) is 0 Å². The molecular formula is C18H27N3O3. The topological polar surface area (TPSA) is 84.7 Å². The highest BCUT2D eigenvalue weighted by atomic mass is 16.5. The Morgan fingerprint density at radius 3 is 2.67 bits per heavy atom. The number of carbonyl (C=O) groups excluding carboxylic acids is 2. The number of nitrogens with two attached hydrogens (primary N) is 1. The standard InChI is InChI=1S/C18H27N3O3/c1-13-7-8-15(18(19)23)10-21(13)11-17(22)20-9-14-5-3-4-6-16(14)12-24-2/h3-6,13,15H,7-12H2,1-2H3,(H2,19,23)(H,20,22)/t13-,15-/m0/s1. The summed E-state index contributed by atoms with van der Waals surface area (Å²) in [5.74, 6) is -0.476. The number of amides is 2. The van der Waals surface area contributed by atoms with Crippen molar-refractivity contribution in [1.29, 1.82) is 0 Å². The van der Waals surface area contributed by atoms with Gasteiger partial charge in [-0.15, -0.1) is 0 Å². The van der Waals surface area contributed by atoms with Crippen LogP contribution in [0.25, 0.3) is 0 Å². The summed E-state index contributed by atoms with van der Waals surface area (Å²) in [6, 6.07) is 8.17. The third-order valence-corrected chi connectivity index (χ3v) is 4.65. The lowest BCUT2D eigenvalue weighted by atomic mass is 9.93. The van der Waals surface area contributed by atoms with Crippen molar-refractivity contribution in [1.82, 2.24) is 10.2 Å². The molecule has 1 aromatic rings. The second-order valence-electron chi connectivity index (χ2n) is 6.43. The number of methoxy groups -OCH3 is 1. The number of primary amides is 1. The number of rotatable bonds is 7. The quantitative estimate of drug-likeness (QED) is 0.781. The van der Waals surface area contributed by atoms with Crippen LogP contribution in [0, 0.1) is 5.92 Å². The fraction of sp³-hybridized carbons (Fsp3) is 0.556. The van der Waals surface area contributed by atoms with E-state index in [0.717, 1.165) is 24.0 Å². The summed E-state index contributed by atoms with van der Waals surface area (Å²) in [6.45, 7) is 3.93. The molecule has 6 nitrogen and oxygen atoms in total. The van der Waals surface area contributed by atoms with Gasteiger partial charge in [-0.2, -0.15) is 0 Å². The molecule has 1 aromatic carbocycles. The van der Waals surface area contributed by atoms with E-state index >= 15 is 0 Å². The number of carbonyl (C=O) groups is 2. The first-order chi connectivity index (χ1) is 11.5. The fourth-order valence-corrected chi connectivity index (χ4v) is 3.09. The maximum absolute atomic E-state index is 12.3. The van der Waals surface area contributed by atoms with E-state index in [9.17, 15) is 9.59 Å². The molecule has 2 atom stereocenters. The number of hydrogen-bond donors (Lipinski definition) is 2. The minimum absolute atomic E-state index is 0.0424. The summed E-state index contributed by atoms with van der Waals surface area (Å²) in [5, 5.41) is 2.96. The summed E-state index contributed by atoms with van der Waals surface area (Å²) < 4.78 is 5.18. The van der Waals surface area contributed by atoms with Crippen molar-refractivity contribution < 1.29 is 14.3 Å². The summed E-state index contributed by atoms with van der Waals surface area (Å²) in [5.41, 5.74) is 7.53. The van der Waals surface area contributed by atoms with Crippen LogP contribution in [-0.4, -0.2) is 43.0 Å². The van der Waals surface area contributed by atoms with Crippen LogP contribution in [-0.2, 0) is 27.5 Å². The molecule has 1 heterocycles. The molecule has 3 N–H and O–H groups in total. The van der Waals surface area contributed by atoms with Crippen LogP contribution in [0.1, 0.15) is 30.9 Å². The number of nitrogens with zero attached hydrogens (tertiary/aromatic N) is 1. The molecule has 132 valence electrons. The van der Waals surface area contributed by atoms with Crippen molar-refractivity contribution in [3.8, 4) is 0 Å². The molecule has 1 aliphatic heterocycles. The Labute approximate surface area is 143 Å². The second kappa shape index (κ2) is 8.80. The summed E-state index contributed by atoms with van der Waals surface area (Å²) in [6.07, 6.45) is 1.69. The van der Waals surface area contributed by atoms with Crippen LogP contribution in [0.2, 0.25) is 0 Å². The molecule has 6 heteroatoms. The minimum Gasteiger partial charge on any atom is -0.380 e. The molecular weight excluding hydrogens is 306 g/mol. The van der Waals surface area contributed by atoms with Crippen LogP contribution in [0.5, 0.6) is 0 Å². The first-order valence-corrected chi connectivity index (χ1v) is 8.37. The Balaban J connectivity index is 1.88. The van der Waals surface area contributed by atoms with Crippen molar-refractivity contribution in [2.45, 2.75) is 39.0 Å². The maximum atomic E-state index is 12.3. The molecule has 1 saturated heterocycles. The second-order valence-corrected chi connectivity index (χ2v) is 6.43. The Morgan fingerprint density at radius 2 is 2.00 bits per heavy atom. The van der Waals surface area contributed by atoms with Gasteiger partial charge in [-0.3, -0.25) is 14.5 Å². The number of hydrogen-bond acceptors (Lipinski definition) is 4. The lowest BCUT2D eigenvalue weighted by molar-refractivity contribution is -0.127. The van der Waals surface area contributed by atoms with Gasteiger partial charge >= 0.3 is 0 Å². The highest BCUT2D eigenvalue weighted by Gasteiger charge is 2.29. The normalized spacial score (nSPS) is 21.4. The van der Waals surface area contributed by atoms with Crippen molar-refractivity contribution in [3.05, 3.63) is 35.4 Å². The number of ether oxygens (including phenoxy) is 1. The minimum atomic E-state index is -0.277. The zero-order valence-electron chi connectivity index (χ0n) is 14.5. The van der Waals surface area contributed by atoms with Gasteiger partial charge in [0.2, 0.25) is 11.8 Å². The highest BCUT2D eigenvalue weighted by molar-refractivity contribution is 5.79. The first kappa shape index (κ1) is 18.4. The van der Waals surface area contributed by atoms with Crippen molar-refractivity contribution in [2.75, 3.05) is 20.2 Å². The summed E-state index contributed by atoms with van der Waals surface area (Å²) in [7, 11) is 1.66. The lowest BCUT2D eigenvalue weighted by Crippen LogP contribution is -2.49. The average Bonchev–Trinajstić information content (AvgIpc) is 2.56. The monoisotopic (exact) mass is 333 g/mol. The van der Waals surface area contributed by atoms with Gasteiger partial charge in [0.05, 0.1) is 19.1 Å². The molecule has 2 amide bonds. The van der Waals surface area contributed by atoms with E-state index in [1.54, 1.807) is 7.11 Å². The van der Waals surface area contributed by atoms with E-state index in [1.165, 1.54) is 0 Å². The number of likely N-dealkylation sites (tertiary alicyclic amines) is 1. The van der Waals surface area contributed by atoms with Crippen LogP contribution in [0.15, 0.2) is 24.3 Å². The van der Waals surface area contributed by atoms with Crippen molar-refractivity contribution in [3.63, 3.8) is 0 Å². The Bertz CT molecular complexity index is 576. The Kier molecular flexibility index (Phi) is 6.75. The molecule has 0 spiro atoms. The molecule has 2 rings (SSSR count). The van der Waals surface area contributed by atoms with Crippen molar-refractivity contribution in [2.24, 2.45) is 11.7 Å². The Morgan fingerprint density at radius 1 is 1.29 bits per heavy atom. The summed E-state index contributed by atoms with van der Waals surface area (Å²) in [4.78, 5) is 25.7. The third-order valence-electron chi connectivity index (χ3n) is 4.65. The molecule has 0 aliphatic carbocycles. The molecule has 1 aliphatic rings. The SMILES string of the molecule is COCc1ccccc1CNC(=O)CN1C[C@@H](C(N)=O)CC[C@@H]1C. The van der Waals surface area contributed by atoms with Gasteiger partial charge in [0.1, 0.15) is 0 Å². The van der Waals surface area contributed by atoms with Gasteiger partial charge in [-0.1, -0.05) is 24.3 Å². The predicted octanol–water partition coefficient (Wildman–Crippen LogP) is 1.04. The third kappa shape index (κ3) is 5.04. The molecule has 0 radical (unpaired) electrons. The molecule has 24 heavy (non-hydrogen) atoms. The van der Waals surface area contributed by atoms with Crippen LogP contribution < -0.4 is 11.1 Å². The number of nitrogens with one attached hydrogen (secondary N) is 1. The zero-order chi connectivity index (χ0) is 17.5. The first-order valence-electron chi connectivity index (χ1n) is 8.37. The van der Waals surface area contributed by atoms with Gasteiger partial charge in [-0.05, 0) is 30.9 Å². The number of benzene rings is 1. The van der Waals surface area contributed by atoms with Gasteiger partial charge in [0.15, 0.2) is 0 Å². The van der Waals surface area contributed by atoms with E-state index in [2.05, 4.69) is 12.2 Å². The lowest BCUT2D eigenvalue weighted by Gasteiger charge is -2.36.